The highest BCUT2D eigenvalue weighted by Gasteiger charge is 2.19. The van der Waals surface area contributed by atoms with E-state index in [2.05, 4.69) is 5.32 Å². The van der Waals surface area contributed by atoms with Crippen molar-refractivity contribution >= 4 is 28.3 Å². The molecule has 0 saturated carbocycles. The normalized spacial score (nSPS) is 11.6. The van der Waals surface area contributed by atoms with Gasteiger partial charge in [0.05, 0.1) is 12.2 Å². The monoisotopic (exact) mass is 377 g/mol. The summed E-state index contributed by atoms with van der Waals surface area (Å²) in [5.74, 6) is -0.0457. The number of esters is 1. The zero-order valence-corrected chi connectivity index (χ0v) is 16.0. The highest BCUT2D eigenvalue weighted by atomic mass is 16.5. The maximum Gasteiger partial charge on any atom is 0.338 e. The van der Waals surface area contributed by atoms with Crippen molar-refractivity contribution in [2.45, 2.75) is 26.4 Å². The summed E-state index contributed by atoms with van der Waals surface area (Å²) in [5.41, 5.74) is 0.916. The minimum absolute atomic E-state index is 0.267. The van der Waals surface area contributed by atoms with Crippen LogP contribution in [-0.4, -0.2) is 24.6 Å². The number of hydrogen-bond donors (Lipinski definition) is 1. The lowest BCUT2D eigenvalue weighted by atomic mass is 10.1. The lowest BCUT2D eigenvalue weighted by Crippen LogP contribution is -2.32. The molecule has 0 radical (unpaired) electrons. The Kier molecular flexibility index (Phi) is 6.27. The molecule has 5 heteroatoms. The maximum absolute atomic E-state index is 12.7. The topological polar surface area (TPSA) is 64.6 Å². The molecule has 0 unspecified atom stereocenters. The molecule has 28 heavy (non-hydrogen) atoms. The molecule has 0 aliphatic heterocycles. The predicted octanol–water partition coefficient (Wildman–Crippen LogP) is 4.81. The maximum atomic E-state index is 12.7. The Bertz CT molecular complexity index is 983. The van der Waals surface area contributed by atoms with Crippen molar-refractivity contribution in [1.29, 1.82) is 0 Å². The van der Waals surface area contributed by atoms with Gasteiger partial charge in [-0.25, -0.2) is 4.79 Å². The molecule has 0 spiro atoms. The van der Waals surface area contributed by atoms with Gasteiger partial charge in [-0.3, -0.25) is 4.79 Å². The van der Waals surface area contributed by atoms with Crippen LogP contribution in [0.25, 0.3) is 10.8 Å². The molecule has 144 valence electrons. The first-order valence-corrected chi connectivity index (χ1v) is 9.34. The van der Waals surface area contributed by atoms with E-state index in [-0.39, 0.29) is 5.91 Å². The first-order chi connectivity index (χ1) is 13.6. The van der Waals surface area contributed by atoms with E-state index in [1.165, 1.54) is 0 Å². The fraction of sp³-hybridized carbons (Fsp3) is 0.217. The molecule has 0 fully saturated rings. The Morgan fingerprint density at radius 2 is 1.71 bits per heavy atom. The third kappa shape index (κ3) is 4.68. The van der Waals surface area contributed by atoms with Gasteiger partial charge < -0.3 is 14.8 Å². The molecule has 1 atom stereocenters. The second-order valence-corrected chi connectivity index (χ2v) is 6.31. The summed E-state index contributed by atoms with van der Waals surface area (Å²) in [5, 5.41) is 4.98. The van der Waals surface area contributed by atoms with Crippen molar-refractivity contribution in [2.24, 2.45) is 0 Å². The summed E-state index contributed by atoms with van der Waals surface area (Å²) in [6.07, 6.45) is -0.136. The molecule has 3 aromatic rings. The van der Waals surface area contributed by atoms with E-state index in [1.807, 2.05) is 49.4 Å². The zero-order chi connectivity index (χ0) is 19.9. The minimum atomic E-state index is -0.646. The number of carbonyl (C=O) groups excluding carboxylic acids is 2. The number of amides is 1. The first kappa shape index (κ1) is 19.4. The van der Waals surface area contributed by atoms with Crippen LogP contribution in [0, 0.1) is 0 Å². The molecule has 3 rings (SSSR count). The lowest BCUT2D eigenvalue weighted by Gasteiger charge is -2.18. The molecule has 5 nitrogen and oxygen atoms in total. The van der Waals surface area contributed by atoms with Gasteiger partial charge in [0, 0.05) is 5.69 Å². The molecule has 0 aromatic heterocycles. The van der Waals surface area contributed by atoms with Crippen LogP contribution < -0.4 is 10.1 Å². The highest BCUT2D eigenvalue weighted by Crippen LogP contribution is 2.22. The first-order valence-electron chi connectivity index (χ1n) is 9.34. The predicted molar refractivity (Wildman–Crippen MR) is 110 cm³/mol. The third-order valence-electron chi connectivity index (χ3n) is 4.30. The quantitative estimate of drug-likeness (QED) is 0.600. The van der Waals surface area contributed by atoms with Gasteiger partial charge in [-0.1, -0.05) is 43.3 Å². The van der Waals surface area contributed by atoms with Crippen LogP contribution in [0.4, 0.5) is 5.69 Å². The van der Waals surface area contributed by atoms with E-state index in [4.69, 9.17) is 9.47 Å². The number of fused-ring (bicyclic) bond motifs is 1. The van der Waals surface area contributed by atoms with Crippen LogP contribution in [0.15, 0.2) is 66.7 Å². The Morgan fingerprint density at radius 1 is 0.929 bits per heavy atom. The van der Waals surface area contributed by atoms with Gasteiger partial charge in [0.25, 0.3) is 5.91 Å². The number of anilines is 1. The van der Waals surface area contributed by atoms with Crippen molar-refractivity contribution in [1.82, 2.24) is 0 Å². The van der Waals surface area contributed by atoms with Gasteiger partial charge in [0.1, 0.15) is 5.75 Å². The molecule has 0 aliphatic carbocycles. The second kappa shape index (κ2) is 9.04. The molecule has 0 saturated heterocycles. The molecule has 1 N–H and O–H groups in total. The Hall–Kier alpha value is -3.34. The molecule has 1 amide bonds. The molecule has 0 aliphatic rings. The van der Waals surface area contributed by atoms with Crippen molar-refractivity contribution in [3.63, 3.8) is 0 Å². The van der Waals surface area contributed by atoms with Gasteiger partial charge in [0.15, 0.2) is 6.10 Å². The minimum Gasteiger partial charge on any atom is -0.481 e. The van der Waals surface area contributed by atoms with Crippen molar-refractivity contribution < 1.29 is 19.1 Å². The van der Waals surface area contributed by atoms with Crippen molar-refractivity contribution in [2.75, 3.05) is 11.9 Å². The van der Waals surface area contributed by atoms with Crippen LogP contribution in [0.1, 0.15) is 30.6 Å². The summed E-state index contributed by atoms with van der Waals surface area (Å²) >= 11 is 0. The molecule has 3 aromatic carbocycles. The summed E-state index contributed by atoms with van der Waals surface area (Å²) in [6, 6.07) is 20.4. The van der Waals surface area contributed by atoms with Crippen LogP contribution in [0.5, 0.6) is 5.75 Å². The van der Waals surface area contributed by atoms with Gasteiger partial charge in [-0.2, -0.15) is 0 Å². The fourth-order valence-electron chi connectivity index (χ4n) is 2.89. The van der Waals surface area contributed by atoms with Crippen molar-refractivity contribution in [3.8, 4) is 5.75 Å². The summed E-state index contributed by atoms with van der Waals surface area (Å²) in [7, 11) is 0. The Labute approximate surface area is 164 Å². The Balaban J connectivity index is 1.71. The van der Waals surface area contributed by atoms with E-state index >= 15 is 0 Å². The average molecular weight is 377 g/mol. The SMILES string of the molecule is CCOC(=O)c1cccc(NC(=O)[C@H](CC)Oc2ccc3ccccc3c2)c1. The molecule has 0 bridgehead atoms. The Morgan fingerprint density at radius 3 is 2.46 bits per heavy atom. The fourth-order valence-corrected chi connectivity index (χ4v) is 2.89. The lowest BCUT2D eigenvalue weighted by molar-refractivity contribution is -0.122. The summed E-state index contributed by atoms with van der Waals surface area (Å²) in [6.45, 7) is 3.94. The van der Waals surface area contributed by atoms with Gasteiger partial charge in [-0.05, 0) is 54.4 Å². The smallest absolute Gasteiger partial charge is 0.338 e. The largest absolute Gasteiger partial charge is 0.481 e. The zero-order valence-electron chi connectivity index (χ0n) is 16.0. The third-order valence-corrected chi connectivity index (χ3v) is 4.30. The standard InChI is InChI=1S/C23H23NO4/c1-3-21(28-20-13-12-16-8-5-6-9-17(16)15-20)22(25)24-19-11-7-10-18(14-19)23(26)27-4-2/h5-15,21H,3-4H2,1-2H3,(H,24,25)/t21-/m0/s1. The van der Waals surface area contributed by atoms with Crippen LogP contribution in [-0.2, 0) is 9.53 Å². The molecular formula is C23H23NO4. The van der Waals surface area contributed by atoms with E-state index in [9.17, 15) is 9.59 Å². The average Bonchev–Trinajstić information content (AvgIpc) is 2.72. The van der Waals surface area contributed by atoms with Crippen molar-refractivity contribution in [3.05, 3.63) is 72.3 Å². The van der Waals surface area contributed by atoms with E-state index < -0.39 is 12.1 Å². The van der Waals surface area contributed by atoms with E-state index in [1.54, 1.807) is 31.2 Å². The molecular weight excluding hydrogens is 354 g/mol. The van der Waals surface area contributed by atoms with Gasteiger partial charge in [-0.15, -0.1) is 0 Å². The number of benzene rings is 3. The number of ether oxygens (including phenoxy) is 2. The van der Waals surface area contributed by atoms with Crippen LogP contribution in [0.2, 0.25) is 0 Å². The highest BCUT2D eigenvalue weighted by molar-refractivity contribution is 5.96. The van der Waals surface area contributed by atoms with Gasteiger partial charge >= 0.3 is 5.97 Å². The number of carbonyl (C=O) groups is 2. The summed E-state index contributed by atoms with van der Waals surface area (Å²) in [4.78, 5) is 24.5. The van der Waals surface area contributed by atoms with E-state index in [0.717, 1.165) is 10.8 Å². The number of hydrogen-bond acceptors (Lipinski definition) is 4. The van der Waals surface area contributed by atoms with Crippen LogP contribution in [0.3, 0.4) is 0 Å². The summed E-state index contributed by atoms with van der Waals surface area (Å²) < 4.78 is 10.9. The second-order valence-electron chi connectivity index (χ2n) is 6.31. The van der Waals surface area contributed by atoms with Gasteiger partial charge in [0.2, 0.25) is 0 Å². The molecule has 0 heterocycles. The number of nitrogens with one attached hydrogen (secondary N) is 1. The van der Waals surface area contributed by atoms with E-state index in [0.29, 0.717) is 30.0 Å². The number of rotatable bonds is 7. The van der Waals surface area contributed by atoms with Crippen LogP contribution >= 0.6 is 0 Å².